The molecule has 2 aliphatic heterocycles. The van der Waals surface area contributed by atoms with Crippen molar-refractivity contribution >= 4 is 37.4 Å². The Kier molecular flexibility index (Phi) is 11.9. The summed E-state index contributed by atoms with van der Waals surface area (Å²) in [5, 5.41) is 38.7. The summed E-state index contributed by atoms with van der Waals surface area (Å²) in [6, 6.07) is 11.2. The third kappa shape index (κ3) is 8.32. The van der Waals surface area contributed by atoms with Crippen LogP contribution in [0.1, 0.15) is 63.5 Å². The largest absolute Gasteiger partial charge is 0.392 e. The van der Waals surface area contributed by atoms with Gasteiger partial charge in [-0.05, 0) is 54.3 Å². The number of ether oxygens (including phenoxy) is 1. The summed E-state index contributed by atoms with van der Waals surface area (Å²) in [6.45, 7) is 4.97. The van der Waals surface area contributed by atoms with Crippen LogP contribution in [-0.4, -0.2) is 102 Å². The Bertz CT molecular complexity index is 1670. The number of hydrogen-bond acceptors (Lipinski definition) is 11. The molecule has 0 radical (unpaired) electrons. The van der Waals surface area contributed by atoms with Gasteiger partial charge in [0.05, 0.1) is 35.7 Å². The van der Waals surface area contributed by atoms with Gasteiger partial charge in [-0.25, -0.2) is 13.2 Å². The maximum absolute atomic E-state index is 13.9. The number of anilines is 2. The summed E-state index contributed by atoms with van der Waals surface area (Å²) in [6.07, 6.45) is -2.64. The van der Waals surface area contributed by atoms with Crippen LogP contribution in [0.15, 0.2) is 47.4 Å². The standard InChI is InChI=1S/C33H49N3O10S2/c1-7-9-15-33(8-2)19-48(43,44)26-14-13-23(36(4)5)17-24(26)27(30(33)39)21-11-10-12-22(16-21)34-32(40)35-31-29(38)20(3)28(37)25(46-31)18-45-47(6,41)42/h10-14,16-17,20,25,27-31,37-39H,7-9,15,18-19H2,1-6H3,(H2,34,35,40)/t20-,25+,27+,28-,29+,30+,31+,33+/m0/s1. The summed E-state index contributed by atoms with van der Waals surface area (Å²) in [5.41, 5.74) is 1.28. The third-order valence-electron chi connectivity index (χ3n) is 9.65. The summed E-state index contributed by atoms with van der Waals surface area (Å²) in [4.78, 5) is 15.2. The van der Waals surface area contributed by atoms with Crippen molar-refractivity contribution in [2.75, 3.05) is 42.9 Å². The second-order valence-electron chi connectivity index (χ2n) is 13.3. The maximum Gasteiger partial charge on any atom is 0.321 e. The van der Waals surface area contributed by atoms with Crippen LogP contribution in [0.3, 0.4) is 0 Å². The number of fused-ring (bicyclic) bond motifs is 1. The normalized spacial score (nSPS) is 30.1. The number of carbonyl (C=O) groups is 1. The number of aliphatic hydroxyl groups excluding tert-OH is 3. The van der Waals surface area contributed by atoms with Crippen LogP contribution in [0.2, 0.25) is 0 Å². The number of unbranched alkanes of at least 4 members (excludes halogenated alkanes) is 1. The molecule has 268 valence electrons. The number of urea groups is 1. The number of aliphatic hydroxyl groups is 3. The van der Waals surface area contributed by atoms with Gasteiger partial charge >= 0.3 is 6.03 Å². The fourth-order valence-electron chi connectivity index (χ4n) is 6.72. The number of rotatable bonds is 11. The lowest BCUT2D eigenvalue weighted by molar-refractivity contribution is -0.207. The smallest absolute Gasteiger partial charge is 0.321 e. The van der Waals surface area contributed by atoms with E-state index in [4.69, 9.17) is 8.92 Å². The lowest BCUT2D eigenvalue weighted by Crippen LogP contribution is -2.60. The Morgan fingerprint density at radius 2 is 1.81 bits per heavy atom. The van der Waals surface area contributed by atoms with E-state index in [1.807, 2.05) is 32.8 Å². The molecule has 0 unspecified atom stereocenters. The highest BCUT2D eigenvalue weighted by atomic mass is 32.2. The fraction of sp³-hybridized carbons (Fsp3) is 0.606. The van der Waals surface area contributed by atoms with Gasteiger partial charge in [0.2, 0.25) is 0 Å². The van der Waals surface area contributed by atoms with Gasteiger partial charge in [-0.1, -0.05) is 45.7 Å². The van der Waals surface area contributed by atoms with Gasteiger partial charge in [-0.15, -0.1) is 0 Å². The van der Waals surface area contributed by atoms with E-state index in [0.29, 0.717) is 29.7 Å². The summed E-state index contributed by atoms with van der Waals surface area (Å²) in [5.74, 6) is -1.71. The monoisotopic (exact) mass is 711 g/mol. The number of sulfone groups is 1. The third-order valence-corrected chi connectivity index (χ3v) is 12.2. The van der Waals surface area contributed by atoms with Gasteiger partial charge in [-0.3, -0.25) is 4.18 Å². The number of carbonyl (C=O) groups excluding carboxylic acids is 1. The predicted molar refractivity (Wildman–Crippen MR) is 182 cm³/mol. The number of hydrogen-bond donors (Lipinski definition) is 5. The molecule has 2 aromatic carbocycles. The molecular weight excluding hydrogens is 663 g/mol. The zero-order valence-electron chi connectivity index (χ0n) is 28.3. The lowest BCUT2D eigenvalue weighted by atomic mass is 9.69. The molecule has 2 aromatic rings. The molecule has 15 heteroatoms. The van der Waals surface area contributed by atoms with Gasteiger partial charge in [0.25, 0.3) is 10.1 Å². The van der Waals surface area contributed by atoms with E-state index in [2.05, 4.69) is 10.6 Å². The van der Waals surface area contributed by atoms with Crippen LogP contribution in [0.5, 0.6) is 0 Å². The van der Waals surface area contributed by atoms with Crippen molar-refractivity contribution in [3.8, 4) is 0 Å². The van der Waals surface area contributed by atoms with Crippen LogP contribution in [0.25, 0.3) is 0 Å². The van der Waals surface area contributed by atoms with Gasteiger partial charge in [0.15, 0.2) is 16.1 Å². The van der Waals surface area contributed by atoms with Crippen molar-refractivity contribution in [1.82, 2.24) is 5.32 Å². The van der Waals surface area contributed by atoms with E-state index in [1.54, 1.807) is 42.5 Å². The van der Waals surface area contributed by atoms with Crippen molar-refractivity contribution in [2.45, 2.75) is 87.9 Å². The Morgan fingerprint density at radius 3 is 2.44 bits per heavy atom. The molecule has 0 bridgehead atoms. The maximum atomic E-state index is 13.9. The highest BCUT2D eigenvalue weighted by Crippen LogP contribution is 2.49. The molecule has 0 aliphatic carbocycles. The first-order valence-electron chi connectivity index (χ1n) is 16.2. The lowest BCUT2D eigenvalue weighted by Gasteiger charge is -2.41. The summed E-state index contributed by atoms with van der Waals surface area (Å²) in [7, 11) is -3.90. The molecule has 2 aliphatic rings. The van der Waals surface area contributed by atoms with Crippen LogP contribution in [0, 0.1) is 11.3 Å². The zero-order valence-corrected chi connectivity index (χ0v) is 29.9. The topological polar surface area (TPSA) is 192 Å². The molecule has 1 fully saturated rings. The number of nitrogens with zero attached hydrogens (tertiary/aromatic N) is 1. The van der Waals surface area contributed by atoms with Crippen molar-refractivity contribution in [3.05, 3.63) is 53.6 Å². The van der Waals surface area contributed by atoms with E-state index < -0.39 is 80.5 Å². The average Bonchev–Trinajstić information content (AvgIpc) is 3.09. The number of nitrogens with one attached hydrogen (secondary N) is 2. The van der Waals surface area contributed by atoms with Crippen molar-refractivity contribution in [1.29, 1.82) is 0 Å². The average molecular weight is 712 g/mol. The highest BCUT2D eigenvalue weighted by Gasteiger charge is 2.49. The predicted octanol–water partition coefficient (Wildman–Crippen LogP) is 2.80. The minimum absolute atomic E-state index is 0.175. The quantitative estimate of drug-likeness (QED) is 0.216. The molecule has 2 heterocycles. The first kappa shape index (κ1) is 38.0. The minimum atomic E-state index is -3.83. The SMILES string of the molecule is CCCC[C@]1(CC)CS(=O)(=O)c2ccc(N(C)C)cc2[C@@H](c2cccc(NC(=O)N[C@@H]3O[C@H](COS(C)(=O)=O)[C@@H](O)[C@H](C)[C@H]3O)c2)[C@H]1O. The molecule has 1 saturated heterocycles. The van der Waals surface area contributed by atoms with E-state index in [0.717, 1.165) is 24.8 Å². The molecule has 48 heavy (non-hydrogen) atoms. The Labute approximate surface area is 283 Å². The Balaban J connectivity index is 1.67. The molecule has 2 amide bonds. The van der Waals surface area contributed by atoms with E-state index in [9.17, 15) is 36.9 Å². The Hall–Kier alpha value is -2.79. The second kappa shape index (κ2) is 15.0. The van der Waals surface area contributed by atoms with E-state index in [-0.39, 0.29) is 10.6 Å². The van der Waals surface area contributed by atoms with Gasteiger partial charge < -0.3 is 35.6 Å². The van der Waals surface area contributed by atoms with Crippen molar-refractivity contribution in [3.63, 3.8) is 0 Å². The number of benzene rings is 2. The first-order chi connectivity index (χ1) is 22.4. The minimum Gasteiger partial charge on any atom is -0.392 e. The van der Waals surface area contributed by atoms with Crippen LogP contribution >= 0.6 is 0 Å². The molecule has 5 N–H and O–H groups in total. The highest BCUT2D eigenvalue weighted by molar-refractivity contribution is 7.91. The number of amides is 2. The van der Waals surface area contributed by atoms with E-state index >= 15 is 0 Å². The molecule has 8 atom stereocenters. The fourth-order valence-corrected chi connectivity index (χ4v) is 9.36. The molecule has 13 nitrogen and oxygen atoms in total. The summed E-state index contributed by atoms with van der Waals surface area (Å²) >= 11 is 0. The van der Waals surface area contributed by atoms with Crippen LogP contribution in [-0.2, 0) is 28.9 Å². The molecule has 0 spiro atoms. The van der Waals surface area contributed by atoms with Gasteiger partial charge in [-0.2, -0.15) is 8.42 Å². The van der Waals surface area contributed by atoms with Gasteiger partial charge in [0.1, 0.15) is 12.2 Å². The Morgan fingerprint density at radius 1 is 1.10 bits per heavy atom. The molecule has 4 rings (SSSR count). The van der Waals surface area contributed by atoms with Crippen molar-refractivity contribution in [2.24, 2.45) is 11.3 Å². The zero-order chi connectivity index (χ0) is 35.6. The molecule has 0 saturated carbocycles. The molecular formula is C33H49N3O10S2. The van der Waals surface area contributed by atoms with Crippen molar-refractivity contribution < 1.29 is 45.9 Å². The van der Waals surface area contributed by atoms with Crippen LogP contribution in [0.4, 0.5) is 16.2 Å². The molecule has 0 aromatic heterocycles. The first-order valence-corrected chi connectivity index (χ1v) is 19.7. The van der Waals surface area contributed by atoms with E-state index in [1.165, 1.54) is 6.92 Å². The summed E-state index contributed by atoms with van der Waals surface area (Å²) < 4.78 is 61.3. The van der Waals surface area contributed by atoms with Crippen LogP contribution < -0.4 is 15.5 Å². The second-order valence-corrected chi connectivity index (χ2v) is 16.9. The van der Waals surface area contributed by atoms with Gasteiger partial charge in [0, 0.05) is 42.7 Å².